The molecule has 0 bridgehead atoms. The monoisotopic (exact) mass is 790 g/mol. The lowest BCUT2D eigenvalue weighted by Crippen LogP contribution is -2.51. The van der Waals surface area contributed by atoms with Crippen molar-refractivity contribution >= 4 is 25.4 Å². The average Bonchev–Trinajstić information content (AvgIpc) is 3.18. The highest BCUT2D eigenvalue weighted by Gasteiger charge is 2.31. The van der Waals surface area contributed by atoms with Gasteiger partial charge in [-0.1, -0.05) is 98.3 Å². The molecule has 0 saturated heterocycles. The van der Waals surface area contributed by atoms with Gasteiger partial charge in [0.1, 0.15) is 5.84 Å². The number of nitrogens with zero attached hydrogens (tertiary/aromatic N) is 2. The summed E-state index contributed by atoms with van der Waals surface area (Å²) in [5.74, 6) is -0.467. The summed E-state index contributed by atoms with van der Waals surface area (Å²) in [4.78, 5) is 30.4. The van der Waals surface area contributed by atoms with Crippen molar-refractivity contribution in [2.24, 2.45) is 11.5 Å². The number of amidine groups is 1. The van der Waals surface area contributed by atoms with Gasteiger partial charge in [0.25, 0.3) is 5.91 Å². The van der Waals surface area contributed by atoms with Gasteiger partial charge in [-0.05, 0) is 75.4 Å². The molecule has 56 heavy (non-hydrogen) atoms. The second-order valence-electron chi connectivity index (χ2n) is 13.2. The number of nitrogens with two attached hydrogens (primary N) is 2. The van der Waals surface area contributed by atoms with Crippen LogP contribution in [0.4, 0.5) is 4.79 Å². The van der Waals surface area contributed by atoms with Crippen LogP contribution in [0.3, 0.4) is 0 Å². The molecule has 7 N–H and O–H groups in total. The van der Waals surface area contributed by atoms with Crippen LogP contribution >= 0.6 is 7.60 Å². The predicted molar refractivity (Wildman–Crippen MR) is 227 cm³/mol. The Morgan fingerprint density at radius 1 is 0.964 bits per heavy atom. The fourth-order valence-electron chi connectivity index (χ4n) is 5.95. The Balaban J connectivity index is 0.00000107. The van der Waals surface area contributed by atoms with Gasteiger partial charge in [0.05, 0.1) is 31.5 Å². The van der Waals surface area contributed by atoms with Crippen LogP contribution in [0.15, 0.2) is 108 Å². The van der Waals surface area contributed by atoms with Gasteiger partial charge in [0, 0.05) is 43.9 Å². The largest absolute Gasteiger partial charge is 0.391 e. The van der Waals surface area contributed by atoms with Crippen LogP contribution in [0.1, 0.15) is 68.1 Å². The zero-order valence-corrected chi connectivity index (χ0v) is 35.0. The molecule has 0 aliphatic heterocycles. The number of rotatable bonds is 17. The number of aliphatic hydroxyl groups excluding tert-OH is 1. The SMILES string of the molecule is CC.CCOP(=O)(CCNC(=O)c1cccc(CN(C(=O)N(C)CC2=CCC(N)C(C(=N)N)=C2)C(Cc2ccccc2)C(C)O)c1)OCC.Cc1ccccc1. The molecule has 306 valence electrons. The zero-order chi connectivity index (χ0) is 41.7. The molecule has 0 saturated carbocycles. The highest BCUT2D eigenvalue weighted by Crippen LogP contribution is 2.47. The molecule has 0 aromatic heterocycles. The van der Waals surface area contributed by atoms with Gasteiger partial charge in [-0.15, -0.1) is 0 Å². The van der Waals surface area contributed by atoms with Crippen LogP contribution < -0.4 is 16.8 Å². The van der Waals surface area contributed by atoms with Gasteiger partial charge in [-0.25, -0.2) is 4.79 Å². The second kappa shape index (κ2) is 24.8. The molecule has 4 rings (SSSR count). The smallest absolute Gasteiger partial charge is 0.332 e. The van der Waals surface area contributed by atoms with E-state index in [1.807, 2.05) is 74.5 Å². The highest BCUT2D eigenvalue weighted by molar-refractivity contribution is 7.53. The summed E-state index contributed by atoms with van der Waals surface area (Å²) in [6.45, 7) is 12.1. The van der Waals surface area contributed by atoms with E-state index in [-0.39, 0.29) is 62.8 Å². The van der Waals surface area contributed by atoms with Gasteiger partial charge in [0.2, 0.25) is 0 Å². The van der Waals surface area contributed by atoms with Crippen molar-refractivity contribution in [3.05, 3.63) is 130 Å². The van der Waals surface area contributed by atoms with Crippen molar-refractivity contribution in [2.45, 2.75) is 79.1 Å². The average molecular weight is 791 g/mol. The topological polar surface area (TPSA) is 184 Å². The minimum absolute atomic E-state index is 0.0374. The van der Waals surface area contributed by atoms with Crippen molar-refractivity contribution in [3.63, 3.8) is 0 Å². The molecule has 1 aliphatic carbocycles. The van der Waals surface area contributed by atoms with Crippen molar-refractivity contribution in [1.29, 1.82) is 5.41 Å². The second-order valence-corrected chi connectivity index (χ2v) is 15.4. The minimum atomic E-state index is -3.31. The molecule has 3 atom stereocenters. The highest BCUT2D eigenvalue weighted by atomic mass is 31.2. The summed E-state index contributed by atoms with van der Waals surface area (Å²) < 4.78 is 23.4. The number of likely N-dealkylation sites (N-methyl/N-ethyl adjacent to an activating group) is 1. The minimum Gasteiger partial charge on any atom is -0.391 e. The molecule has 0 radical (unpaired) electrons. The molecule has 13 heteroatoms. The molecule has 0 spiro atoms. The Bertz CT molecular complexity index is 1760. The third-order valence-corrected chi connectivity index (χ3v) is 10.8. The number of carbonyl (C=O) groups is 2. The molecule has 3 unspecified atom stereocenters. The Labute approximate surface area is 334 Å². The van der Waals surface area contributed by atoms with E-state index in [2.05, 4.69) is 24.4 Å². The van der Waals surface area contributed by atoms with Crippen LogP contribution in [0.25, 0.3) is 0 Å². The van der Waals surface area contributed by atoms with Crippen LogP contribution in [0.5, 0.6) is 0 Å². The number of amides is 3. The first-order chi connectivity index (χ1) is 26.8. The van der Waals surface area contributed by atoms with Crippen LogP contribution in [-0.2, 0) is 26.6 Å². The number of hydrogen-bond acceptors (Lipinski definition) is 8. The first-order valence-electron chi connectivity index (χ1n) is 19.3. The summed E-state index contributed by atoms with van der Waals surface area (Å²) in [5.41, 5.74) is 16.5. The first-order valence-corrected chi connectivity index (χ1v) is 21.0. The maximum Gasteiger partial charge on any atom is 0.332 e. The van der Waals surface area contributed by atoms with E-state index in [9.17, 15) is 19.3 Å². The lowest BCUT2D eigenvalue weighted by Gasteiger charge is -2.37. The number of aliphatic hydroxyl groups is 1. The van der Waals surface area contributed by atoms with Gasteiger partial charge in [-0.3, -0.25) is 14.8 Å². The third-order valence-electron chi connectivity index (χ3n) is 8.73. The van der Waals surface area contributed by atoms with Gasteiger partial charge in [-0.2, -0.15) is 0 Å². The number of carbonyl (C=O) groups excluding carboxylic acids is 2. The van der Waals surface area contributed by atoms with Gasteiger partial charge >= 0.3 is 13.6 Å². The molecule has 3 aromatic carbocycles. The number of hydrogen-bond donors (Lipinski definition) is 5. The van der Waals surface area contributed by atoms with E-state index >= 15 is 0 Å². The molecule has 0 fully saturated rings. The van der Waals surface area contributed by atoms with Crippen LogP contribution in [0, 0.1) is 12.3 Å². The van der Waals surface area contributed by atoms with E-state index < -0.39 is 19.7 Å². The van der Waals surface area contributed by atoms with Crippen LogP contribution in [0.2, 0.25) is 0 Å². The van der Waals surface area contributed by atoms with E-state index in [4.69, 9.17) is 25.9 Å². The number of benzene rings is 3. The maximum atomic E-state index is 14.2. The predicted octanol–water partition coefficient (Wildman–Crippen LogP) is 7.07. The van der Waals surface area contributed by atoms with Crippen molar-refractivity contribution in [1.82, 2.24) is 15.1 Å². The molecular weight excluding hydrogens is 727 g/mol. The molecule has 0 heterocycles. The standard InChI is InChI=1S/C34H49N6O6P.C7H8.C2H6/c1-5-45-47(44,46-6-2)18-17-38-33(42)28-14-10-13-26(19-28)23-40(31(24(3)41)21-25-11-8-7-9-12-25)34(43)39(4)22-27-15-16-30(35)29(20-27)32(36)37;1-7-5-3-2-4-6-7;1-2/h7-15,19-20,24,30-31,41H,5-6,16-18,21-23,35H2,1-4H3,(H3,36,37)(H,38,42);2-6H,1H3;1-2H3. The number of urea groups is 1. The molecule has 1 aliphatic rings. The summed E-state index contributed by atoms with van der Waals surface area (Å²) >= 11 is 0. The maximum absolute atomic E-state index is 14.2. The Kier molecular flexibility index (Phi) is 21.1. The molecule has 3 aromatic rings. The van der Waals surface area contributed by atoms with Crippen molar-refractivity contribution in [3.8, 4) is 0 Å². The van der Waals surface area contributed by atoms with E-state index in [0.29, 0.717) is 29.5 Å². The normalized spacial score (nSPS) is 14.6. The fourth-order valence-corrected chi connectivity index (χ4v) is 7.46. The van der Waals surface area contributed by atoms with Crippen LogP contribution in [-0.4, -0.2) is 90.4 Å². The van der Waals surface area contributed by atoms with Crippen molar-refractivity contribution in [2.75, 3.05) is 39.5 Å². The summed E-state index contributed by atoms with van der Waals surface area (Å²) in [6, 6.07) is 25.5. The Hall–Kier alpha value is -4.58. The fraction of sp³-hybridized carbons (Fsp3) is 0.419. The Morgan fingerprint density at radius 2 is 1.55 bits per heavy atom. The first kappa shape index (κ1) is 47.6. The van der Waals surface area contributed by atoms with Crippen molar-refractivity contribution < 1.29 is 28.3 Å². The zero-order valence-electron chi connectivity index (χ0n) is 34.1. The number of nitrogens with one attached hydrogen (secondary N) is 2. The lowest BCUT2D eigenvalue weighted by atomic mass is 9.94. The summed E-state index contributed by atoms with van der Waals surface area (Å²) in [7, 11) is -1.63. The summed E-state index contributed by atoms with van der Waals surface area (Å²) in [5, 5.41) is 21.6. The molecule has 12 nitrogen and oxygen atoms in total. The molecular formula is C43H63N6O6P. The lowest BCUT2D eigenvalue weighted by molar-refractivity contribution is 0.0629. The van der Waals surface area contributed by atoms with E-state index in [1.54, 1.807) is 61.9 Å². The quantitative estimate of drug-likeness (QED) is 0.0546. The van der Waals surface area contributed by atoms with Gasteiger partial charge < -0.3 is 40.7 Å². The summed E-state index contributed by atoms with van der Waals surface area (Å²) in [6.07, 6.45) is 3.76. The van der Waals surface area contributed by atoms with E-state index in [1.165, 1.54) is 5.56 Å². The molecule has 3 amide bonds. The third kappa shape index (κ3) is 15.9. The van der Waals surface area contributed by atoms with E-state index in [0.717, 1.165) is 11.1 Å². The Morgan fingerprint density at radius 3 is 2.09 bits per heavy atom. The van der Waals surface area contributed by atoms with Gasteiger partial charge in [0.15, 0.2) is 0 Å². The number of aryl methyl sites for hydroxylation is 1.